The van der Waals surface area contributed by atoms with Crippen LogP contribution in [0.2, 0.25) is 0 Å². The lowest BCUT2D eigenvalue weighted by Gasteiger charge is -2.50. The molecule has 2 heterocycles. The van der Waals surface area contributed by atoms with Crippen LogP contribution in [0.4, 0.5) is 0 Å². The zero-order valence-corrected chi connectivity index (χ0v) is 10.2. The third kappa shape index (κ3) is 2.26. The van der Waals surface area contributed by atoms with E-state index in [1.54, 1.807) is 0 Å². The van der Waals surface area contributed by atoms with Crippen LogP contribution in [0.5, 0.6) is 0 Å². The summed E-state index contributed by atoms with van der Waals surface area (Å²) in [6.07, 6.45) is 7.77. The first-order valence-electron chi connectivity index (χ1n) is 6.10. The van der Waals surface area contributed by atoms with Crippen LogP contribution in [0, 0.1) is 0 Å². The van der Waals surface area contributed by atoms with Crippen LogP contribution < -0.4 is 0 Å². The van der Waals surface area contributed by atoms with E-state index in [0.29, 0.717) is 12.1 Å². The summed E-state index contributed by atoms with van der Waals surface area (Å²) in [5.74, 6) is 0. The summed E-state index contributed by atoms with van der Waals surface area (Å²) in [5, 5.41) is 10.6. The molecule has 2 aliphatic rings. The average Bonchev–Trinajstić information content (AvgIpc) is 2.06. The Hall–Kier alpha value is -0.340. The minimum Gasteiger partial charge on any atom is -0.386 e. The molecule has 15 heavy (non-hydrogen) atoms. The number of nitrogens with zero attached hydrogens (tertiary/aromatic N) is 1. The largest absolute Gasteiger partial charge is 0.386 e. The third-order valence-electron chi connectivity index (χ3n) is 3.96. The van der Waals surface area contributed by atoms with E-state index >= 15 is 0 Å². The van der Waals surface area contributed by atoms with E-state index in [1.165, 1.54) is 24.8 Å². The molecule has 0 aliphatic carbocycles. The van der Waals surface area contributed by atoms with Gasteiger partial charge in [0.1, 0.15) is 0 Å². The molecule has 2 saturated heterocycles. The molecular weight excluding hydrogens is 186 g/mol. The van der Waals surface area contributed by atoms with Gasteiger partial charge >= 0.3 is 0 Å². The van der Waals surface area contributed by atoms with Crippen molar-refractivity contribution in [2.45, 2.75) is 63.6 Å². The van der Waals surface area contributed by atoms with Gasteiger partial charge in [0.25, 0.3) is 0 Å². The highest BCUT2D eigenvalue weighted by Crippen LogP contribution is 2.39. The molecule has 0 aromatic heterocycles. The van der Waals surface area contributed by atoms with Crippen molar-refractivity contribution >= 4 is 0 Å². The second-order valence-electron chi connectivity index (χ2n) is 5.64. The van der Waals surface area contributed by atoms with Crippen molar-refractivity contribution in [1.82, 2.24) is 4.90 Å². The van der Waals surface area contributed by atoms with Crippen molar-refractivity contribution in [2.75, 3.05) is 7.05 Å². The number of aliphatic hydroxyl groups is 1. The molecule has 2 rings (SSSR count). The highest BCUT2D eigenvalue weighted by atomic mass is 16.3. The van der Waals surface area contributed by atoms with Crippen LogP contribution >= 0.6 is 0 Å². The number of hydrogen-bond donors (Lipinski definition) is 1. The van der Waals surface area contributed by atoms with E-state index in [4.69, 9.17) is 0 Å². The van der Waals surface area contributed by atoms with Crippen molar-refractivity contribution in [3.05, 3.63) is 11.6 Å². The van der Waals surface area contributed by atoms with Gasteiger partial charge < -0.3 is 10.0 Å². The fraction of sp³-hybridized carbons (Fsp3) is 0.846. The van der Waals surface area contributed by atoms with Gasteiger partial charge in [-0.2, -0.15) is 0 Å². The predicted octanol–water partition coefficient (Wildman–Crippen LogP) is 2.33. The van der Waals surface area contributed by atoms with E-state index in [9.17, 15) is 5.11 Å². The zero-order valence-electron chi connectivity index (χ0n) is 10.2. The Kier molecular flexibility index (Phi) is 2.91. The molecule has 2 unspecified atom stereocenters. The molecule has 0 amide bonds. The lowest BCUT2D eigenvalue weighted by molar-refractivity contribution is -0.0541. The van der Waals surface area contributed by atoms with E-state index in [1.807, 2.05) is 0 Å². The maximum atomic E-state index is 10.6. The Morgan fingerprint density at radius 2 is 1.80 bits per heavy atom. The van der Waals surface area contributed by atoms with Crippen molar-refractivity contribution in [3.8, 4) is 0 Å². The Morgan fingerprint density at radius 1 is 1.27 bits per heavy atom. The fourth-order valence-electron chi connectivity index (χ4n) is 3.34. The molecule has 0 aromatic carbocycles. The molecule has 2 fully saturated rings. The molecule has 2 bridgehead atoms. The van der Waals surface area contributed by atoms with Crippen LogP contribution in [0.3, 0.4) is 0 Å². The maximum Gasteiger partial charge on any atom is 0.0859 e. The maximum absolute atomic E-state index is 10.6. The summed E-state index contributed by atoms with van der Waals surface area (Å²) in [5.41, 5.74) is 0.710. The fourth-order valence-corrected chi connectivity index (χ4v) is 3.34. The van der Waals surface area contributed by atoms with Gasteiger partial charge in [0.15, 0.2) is 0 Å². The number of piperidine rings is 2. The van der Waals surface area contributed by atoms with E-state index in [-0.39, 0.29) is 0 Å². The average molecular weight is 209 g/mol. The van der Waals surface area contributed by atoms with Crippen molar-refractivity contribution < 1.29 is 5.11 Å². The van der Waals surface area contributed by atoms with Crippen LogP contribution in [-0.4, -0.2) is 34.7 Å². The van der Waals surface area contributed by atoms with Crippen LogP contribution in [-0.2, 0) is 0 Å². The SMILES string of the molecule is CC(C)=CC1(O)CC2CCCC(C1)N2C. The van der Waals surface area contributed by atoms with Crippen LogP contribution in [0.25, 0.3) is 0 Å². The molecule has 2 nitrogen and oxygen atoms in total. The lowest BCUT2D eigenvalue weighted by Crippen LogP contribution is -2.55. The lowest BCUT2D eigenvalue weighted by atomic mass is 9.75. The molecule has 2 heteroatoms. The monoisotopic (exact) mass is 209 g/mol. The predicted molar refractivity (Wildman–Crippen MR) is 62.8 cm³/mol. The molecule has 0 spiro atoms. The molecule has 0 aromatic rings. The molecule has 1 N–H and O–H groups in total. The summed E-state index contributed by atoms with van der Waals surface area (Å²) >= 11 is 0. The van der Waals surface area contributed by atoms with Crippen molar-refractivity contribution in [3.63, 3.8) is 0 Å². The minimum absolute atomic E-state index is 0.527. The standard InChI is InChI=1S/C13H23NO/c1-10(2)7-13(15)8-11-5-4-6-12(9-13)14(11)3/h7,11-12,15H,4-6,8-9H2,1-3H3. The van der Waals surface area contributed by atoms with Gasteiger partial charge in [0.2, 0.25) is 0 Å². The normalized spacial score (nSPS) is 41.3. The molecule has 2 atom stereocenters. The van der Waals surface area contributed by atoms with Gasteiger partial charge in [-0.05, 0) is 46.6 Å². The Morgan fingerprint density at radius 3 is 2.27 bits per heavy atom. The number of hydrogen-bond acceptors (Lipinski definition) is 2. The summed E-state index contributed by atoms with van der Waals surface area (Å²) < 4.78 is 0. The van der Waals surface area contributed by atoms with Gasteiger partial charge in [-0.1, -0.05) is 18.1 Å². The molecule has 2 aliphatic heterocycles. The molecular formula is C13H23NO. The summed E-state index contributed by atoms with van der Waals surface area (Å²) in [6.45, 7) is 4.15. The zero-order chi connectivity index (χ0) is 11.1. The van der Waals surface area contributed by atoms with Crippen LogP contribution in [0.15, 0.2) is 11.6 Å². The van der Waals surface area contributed by atoms with Gasteiger partial charge in [0, 0.05) is 12.1 Å². The van der Waals surface area contributed by atoms with Gasteiger partial charge in [-0.25, -0.2) is 0 Å². The smallest absolute Gasteiger partial charge is 0.0859 e. The summed E-state index contributed by atoms with van der Waals surface area (Å²) in [7, 11) is 2.22. The first-order chi connectivity index (χ1) is 7.00. The second-order valence-corrected chi connectivity index (χ2v) is 5.64. The molecule has 86 valence electrons. The topological polar surface area (TPSA) is 23.5 Å². The van der Waals surface area contributed by atoms with Gasteiger partial charge in [0.05, 0.1) is 5.60 Å². The summed E-state index contributed by atoms with van der Waals surface area (Å²) in [6, 6.07) is 1.19. The van der Waals surface area contributed by atoms with Gasteiger partial charge in [-0.15, -0.1) is 0 Å². The number of rotatable bonds is 1. The number of allylic oxidation sites excluding steroid dienone is 1. The molecule has 0 radical (unpaired) electrons. The molecule has 0 saturated carbocycles. The van der Waals surface area contributed by atoms with E-state index in [0.717, 1.165) is 12.8 Å². The highest BCUT2D eigenvalue weighted by molar-refractivity contribution is 5.12. The Balaban J connectivity index is 2.16. The van der Waals surface area contributed by atoms with Crippen molar-refractivity contribution in [1.29, 1.82) is 0 Å². The first-order valence-corrected chi connectivity index (χ1v) is 6.10. The van der Waals surface area contributed by atoms with E-state index < -0.39 is 5.60 Å². The second kappa shape index (κ2) is 3.91. The highest BCUT2D eigenvalue weighted by Gasteiger charge is 2.42. The number of fused-ring (bicyclic) bond motifs is 2. The van der Waals surface area contributed by atoms with Gasteiger partial charge in [-0.3, -0.25) is 0 Å². The van der Waals surface area contributed by atoms with E-state index in [2.05, 4.69) is 31.9 Å². The Bertz CT molecular complexity index is 254. The van der Waals surface area contributed by atoms with Crippen molar-refractivity contribution in [2.24, 2.45) is 0 Å². The third-order valence-corrected chi connectivity index (χ3v) is 3.96. The first kappa shape index (κ1) is 11.2. The van der Waals surface area contributed by atoms with Crippen LogP contribution in [0.1, 0.15) is 46.0 Å². The quantitative estimate of drug-likeness (QED) is 0.670. The Labute approximate surface area is 93.0 Å². The minimum atomic E-state index is -0.527. The summed E-state index contributed by atoms with van der Waals surface area (Å²) in [4.78, 5) is 2.48.